The monoisotopic (exact) mass is 230 g/mol. The Morgan fingerprint density at radius 1 is 1.29 bits per heavy atom. The average Bonchev–Trinajstić information content (AvgIpc) is 2.83. The van der Waals surface area contributed by atoms with Crippen LogP contribution in [0.15, 0.2) is 30.6 Å². The maximum atomic E-state index is 12.3. The summed E-state index contributed by atoms with van der Waals surface area (Å²) in [5, 5.41) is 3.23. The molecule has 1 amide bonds. The molecule has 3 heterocycles. The molecule has 1 aliphatic rings. The minimum Gasteiger partial charge on any atom is -0.333 e. The van der Waals surface area contributed by atoms with Crippen LogP contribution < -0.4 is 5.32 Å². The van der Waals surface area contributed by atoms with E-state index in [1.54, 1.807) is 6.20 Å². The predicted molar refractivity (Wildman–Crippen MR) is 64.0 cm³/mol. The fraction of sp³-hybridized carbons (Fsp3) is 0.333. The minimum atomic E-state index is 0.0118. The largest absolute Gasteiger partial charge is 0.333 e. The van der Waals surface area contributed by atoms with E-state index in [0.717, 1.165) is 31.7 Å². The lowest BCUT2D eigenvalue weighted by Crippen LogP contribution is -2.46. The molecule has 1 aliphatic heterocycles. The molecule has 0 saturated carbocycles. The first kappa shape index (κ1) is 10.3. The lowest BCUT2D eigenvalue weighted by atomic mass is 10.3. The summed E-state index contributed by atoms with van der Waals surface area (Å²) in [5.41, 5.74) is 0.950. The van der Waals surface area contributed by atoms with Gasteiger partial charge in [0.15, 0.2) is 0 Å². The average molecular weight is 230 g/mol. The van der Waals surface area contributed by atoms with Gasteiger partial charge in [0, 0.05) is 32.4 Å². The van der Waals surface area contributed by atoms with E-state index >= 15 is 0 Å². The van der Waals surface area contributed by atoms with E-state index in [-0.39, 0.29) is 5.91 Å². The summed E-state index contributed by atoms with van der Waals surface area (Å²) in [5.74, 6) is 0.514. The molecule has 0 radical (unpaired) electrons. The Hall–Kier alpha value is -1.88. The summed E-state index contributed by atoms with van der Waals surface area (Å²) >= 11 is 0. The van der Waals surface area contributed by atoms with E-state index in [9.17, 15) is 4.79 Å². The summed E-state index contributed by atoms with van der Waals surface area (Å²) in [6.07, 6.45) is 3.60. The van der Waals surface area contributed by atoms with E-state index in [4.69, 9.17) is 0 Å². The molecule has 1 N–H and O–H groups in total. The lowest BCUT2D eigenvalue weighted by Gasteiger charge is -2.26. The lowest BCUT2D eigenvalue weighted by molar-refractivity contribution is 0.0723. The van der Waals surface area contributed by atoms with Crippen molar-refractivity contribution < 1.29 is 4.79 Å². The zero-order valence-electron chi connectivity index (χ0n) is 9.47. The number of carbonyl (C=O) groups excluding carboxylic acids is 1. The zero-order valence-corrected chi connectivity index (χ0v) is 9.47. The fourth-order valence-electron chi connectivity index (χ4n) is 2.11. The van der Waals surface area contributed by atoms with Gasteiger partial charge in [0.2, 0.25) is 5.82 Å². The quantitative estimate of drug-likeness (QED) is 0.770. The van der Waals surface area contributed by atoms with Crippen LogP contribution in [-0.2, 0) is 0 Å². The van der Waals surface area contributed by atoms with Crippen molar-refractivity contribution in [2.75, 3.05) is 26.2 Å². The molecule has 88 valence electrons. The number of aromatic nitrogens is 2. The van der Waals surface area contributed by atoms with Crippen LogP contribution in [0.25, 0.3) is 5.52 Å². The van der Waals surface area contributed by atoms with Gasteiger partial charge in [-0.1, -0.05) is 6.07 Å². The highest BCUT2D eigenvalue weighted by atomic mass is 16.2. The number of amides is 1. The van der Waals surface area contributed by atoms with Gasteiger partial charge in [-0.25, -0.2) is 4.98 Å². The molecular weight excluding hydrogens is 216 g/mol. The third-order valence-electron chi connectivity index (χ3n) is 3.03. The Morgan fingerprint density at radius 2 is 2.12 bits per heavy atom. The number of hydrogen-bond donors (Lipinski definition) is 1. The molecule has 0 bridgehead atoms. The van der Waals surface area contributed by atoms with Gasteiger partial charge in [-0.05, 0) is 12.1 Å². The summed E-state index contributed by atoms with van der Waals surface area (Å²) in [7, 11) is 0. The van der Waals surface area contributed by atoms with Crippen molar-refractivity contribution in [2.45, 2.75) is 0 Å². The minimum absolute atomic E-state index is 0.0118. The molecule has 1 saturated heterocycles. The number of piperazine rings is 1. The van der Waals surface area contributed by atoms with Crippen LogP contribution in [0.5, 0.6) is 0 Å². The van der Waals surface area contributed by atoms with Crippen molar-refractivity contribution in [3.63, 3.8) is 0 Å². The van der Waals surface area contributed by atoms with Crippen molar-refractivity contribution in [3.8, 4) is 0 Å². The van der Waals surface area contributed by atoms with E-state index < -0.39 is 0 Å². The Bertz CT molecular complexity index is 542. The van der Waals surface area contributed by atoms with Crippen molar-refractivity contribution in [3.05, 3.63) is 36.4 Å². The molecule has 17 heavy (non-hydrogen) atoms. The first-order valence-electron chi connectivity index (χ1n) is 5.78. The van der Waals surface area contributed by atoms with Crippen molar-refractivity contribution >= 4 is 11.4 Å². The number of pyridine rings is 1. The summed E-state index contributed by atoms with van der Waals surface area (Å²) in [4.78, 5) is 18.4. The van der Waals surface area contributed by atoms with Crippen molar-refractivity contribution in [1.82, 2.24) is 19.6 Å². The smallest absolute Gasteiger partial charge is 0.290 e. The van der Waals surface area contributed by atoms with Crippen LogP contribution in [0, 0.1) is 0 Å². The van der Waals surface area contributed by atoms with Gasteiger partial charge in [0.05, 0.1) is 11.7 Å². The number of fused-ring (bicyclic) bond motifs is 1. The number of imidazole rings is 1. The molecule has 2 aromatic rings. The maximum Gasteiger partial charge on any atom is 0.290 e. The van der Waals surface area contributed by atoms with E-state index in [2.05, 4.69) is 10.3 Å². The van der Waals surface area contributed by atoms with Crippen LogP contribution in [0.4, 0.5) is 0 Å². The second-order valence-electron chi connectivity index (χ2n) is 4.12. The standard InChI is InChI=1S/C12H14N4O/c17-12(15-7-4-13-5-8-15)11-14-9-10-3-1-2-6-16(10)11/h1-3,6,9,13H,4-5,7-8H2. The maximum absolute atomic E-state index is 12.3. The Kier molecular flexibility index (Phi) is 2.53. The highest BCUT2D eigenvalue weighted by molar-refractivity contribution is 5.92. The highest BCUT2D eigenvalue weighted by Gasteiger charge is 2.21. The molecule has 5 heteroatoms. The van der Waals surface area contributed by atoms with Crippen molar-refractivity contribution in [1.29, 1.82) is 0 Å². The van der Waals surface area contributed by atoms with E-state index in [1.807, 2.05) is 33.7 Å². The molecule has 1 fully saturated rings. The van der Waals surface area contributed by atoms with E-state index in [0.29, 0.717) is 5.82 Å². The number of nitrogens with one attached hydrogen (secondary N) is 1. The topological polar surface area (TPSA) is 49.6 Å². The number of hydrogen-bond acceptors (Lipinski definition) is 3. The SMILES string of the molecule is O=C(c1ncc2ccccn12)N1CCNCC1. The number of nitrogens with zero attached hydrogens (tertiary/aromatic N) is 3. The highest BCUT2D eigenvalue weighted by Crippen LogP contribution is 2.09. The van der Waals surface area contributed by atoms with Crippen molar-refractivity contribution in [2.24, 2.45) is 0 Å². The number of rotatable bonds is 1. The molecule has 0 aliphatic carbocycles. The molecule has 5 nitrogen and oxygen atoms in total. The molecule has 0 atom stereocenters. The third-order valence-corrected chi connectivity index (χ3v) is 3.03. The zero-order chi connectivity index (χ0) is 11.7. The first-order valence-corrected chi connectivity index (χ1v) is 5.78. The second-order valence-corrected chi connectivity index (χ2v) is 4.12. The van der Waals surface area contributed by atoms with Gasteiger partial charge in [-0.15, -0.1) is 0 Å². The molecule has 0 spiro atoms. The van der Waals surface area contributed by atoms with Crippen LogP contribution >= 0.6 is 0 Å². The second kappa shape index (κ2) is 4.18. The van der Waals surface area contributed by atoms with Crippen LogP contribution in [0.3, 0.4) is 0 Å². The van der Waals surface area contributed by atoms with Crippen LogP contribution in [0.1, 0.15) is 10.6 Å². The van der Waals surface area contributed by atoms with Gasteiger partial charge < -0.3 is 10.2 Å². The Balaban J connectivity index is 1.95. The van der Waals surface area contributed by atoms with Crippen LogP contribution in [0.2, 0.25) is 0 Å². The molecule has 2 aromatic heterocycles. The Morgan fingerprint density at radius 3 is 2.94 bits per heavy atom. The van der Waals surface area contributed by atoms with Crippen LogP contribution in [-0.4, -0.2) is 46.4 Å². The van der Waals surface area contributed by atoms with Gasteiger partial charge in [0.1, 0.15) is 0 Å². The Labute approximate surface area is 99.1 Å². The number of carbonyl (C=O) groups is 1. The summed E-state index contributed by atoms with van der Waals surface area (Å²) < 4.78 is 1.84. The third kappa shape index (κ3) is 1.78. The molecule has 0 aromatic carbocycles. The molecule has 3 rings (SSSR count). The molecular formula is C12H14N4O. The molecule has 0 unspecified atom stereocenters. The summed E-state index contributed by atoms with van der Waals surface area (Å²) in [6.45, 7) is 3.21. The van der Waals surface area contributed by atoms with Gasteiger partial charge >= 0.3 is 0 Å². The predicted octanol–water partition coefficient (Wildman–Crippen LogP) is 0.380. The van der Waals surface area contributed by atoms with Gasteiger partial charge in [-0.2, -0.15) is 0 Å². The van der Waals surface area contributed by atoms with Gasteiger partial charge in [-0.3, -0.25) is 9.20 Å². The van der Waals surface area contributed by atoms with Gasteiger partial charge in [0.25, 0.3) is 5.91 Å². The fourth-order valence-corrected chi connectivity index (χ4v) is 2.11. The normalized spacial score (nSPS) is 16.4. The first-order chi connectivity index (χ1) is 8.36. The van der Waals surface area contributed by atoms with E-state index in [1.165, 1.54) is 0 Å². The summed E-state index contributed by atoms with van der Waals surface area (Å²) in [6, 6.07) is 5.79.